The van der Waals surface area contributed by atoms with E-state index >= 15 is 0 Å². The number of rotatable bonds is 3. The Kier molecular flexibility index (Phi) is 4.81. The highest BCUT2D eigenvalue weighted by molar-refractivity contribution is 6.34. The zero-order chi connectivity index (χ0) is 19.8. The van der Waals surface area contributed by atoms with Gasteiger partial charge in [-0.25, -0.2) is 4.79 Å². The lowest BCUT2D eigenvalue weighted by atomic mass is 9.88. The molecule has 0 aliphatic carbocycles. The summed E-state index contributed by atoms with van der Waals surface area (Å²) in [5.74, 6) is -0.976. The van der Waals surface area contributed by atoms with Gasteiger partial charge in [-0.3, -0.25) is 19.8 Å². The van der Waals surface area contributed by atoms with Gasteiger partial charge in [0.05, 0.1) is 10.9 Å². The van der Waals surface area contributed by atoms with Gasteiger partial charge in [-0.2, -0.15) is 0 Å². The van der Waals surface area contributed by atoms with Crippen LogP contribution >= 0.6 is 11.6 Å². The van der Waals surface area contributed by atoms with Crippen molar-refractivity contribution >= 4 is 35.1 Å². The van der Waals surface area contributed by atoms with Gasteiger partial charge in [-0.05, 0) is 29.7 Å². The third kappa shape index (κ3) is 3.24. The minimum atomic E-state index is -0.429. The number of nitrogens with one attached hydrogen (secondary N) is 1. The van der Waals surface area contributed by atoms with Crippen LogP contribution in [0, 0.1) is 0 Å². The van der Waals surface area contributed by atoms with E-state index in [1.54, 1.807) is 16.8 Å². The number of benzene rings is 2. The summed E-state index contributed by atoms with van der Waals surface area (Å²) in [4.78, 5) is 39.2. The van der Waals surface area contributed by atoms with Crippen LogP contribution in [0.25, 0.3) is 11.1 Å². The summed E-state index contributed by atoms with van der Waals surface area (Å²) in [7, 11) is 1.79. The fourth-order valence-corrected chi connectivity index (χ4v) is 4.11. The Hall–Kier alpha value is -2.86. The van der Waals surface area contributed by atoms with E-state index in [2.05, 4.69) is 5.32 Å². The van der Waals surface area contributed by atoms with Crippen LogP contribution in [-0.2, 0) is 9.59 Å². The summed E-state index contributed by atoms with van der Waals surface area (Å²) < 4.78 is 0. The Balaban J connectivity index is 1.62. The van der Waals surface area contributed by atoms with Crippen LogP contribution in [-0.4, -0.2) is 42.9 Å². The summed E-state index contributed by atoms with van der Waals surface area (Å²) in [5.41, 5.74) is 3.29. The molecule has 0 aromatic heterocycles. The first-order chi connectivity index (χ1) is 13.5. The molecule has 28 heavy (non-hydrogen) atoms. The smallest absolute Gasteiger partial charge is 0.324 e. The van der Waals surface area contributed by atoms with Crippen LogP contribution in [0.15, 0.2) is 42.5 Å². The van der Waals surface area contributed by atoms with Crippen molar-refractivity contribution in [1.29, 1.82) is 0 Å². The number of hydrogen-bond acceptors (Lipinski definition) is 3. The summed E-state index contributed by atoms with van der Waals surface area (Å²) in [6.45, 7) is 1.38. The number of urea groups is 1. The first-order valence-corrected chi connectivity index (χ1v) is 9.58. The van der Waals surface area contributed by atoms with Gasteiger partial charge >= 0.3 is 6.03 Å². The maximum absolute atomic E-state index is 12.2. The predicted molar refractivity (Wildman–Crippen MR) is 107 cm³/mol. The first-order valence-electron chi connectivity index (χ1n) is 9.21. The van der Waals surface area contributed by atoms with Gasteiger partial charge in [-0.1, -0.05) is 41.9 Å². The second kappa shape index (κ2) is 7.28. The minimum Gasteiger partial charge on any atom is -0.326 e. The maximum atomic E-state index is 12.2. The van der Waals surface area contributed by atoms with Crippen LogP contribution in [0.1, 0.15) is 24.3 Å². The summed E-state index contributed by atoms with van der Waals surface area (Å²) in [6.07, 6.45) is 0.765. The third-order valence-corrected chi connectivity index (χ3v) is 5.77. The van der Waals surface area contributed by atoms with Crippen LogP contribution in [0.2, 0.25) is 5.02 Å². The van der Waals surface area contributed by atoms with E-state index in [1.807, 2.05) is 42.5 Å². The standard InChI is InChI=1S/C21H20ClN3O3/c1-24-11-12-25(21(24)28)14-7-5-13(6-8-14)15-3-2-4-16(19(15)22)17-9-10-18(26)23-20(17)27/h2-8,17H,9-12H2,1H3,(H,23,26,27). The normalized spacial score (nSPS) is 19.9. The lowest BCUT2D eigenvalue weighted by Gasteiger charge is -2.23. The van der Waals surface area contributed by atoms with Gasteiger partial charge < -0.3 is 4.90 Å². The van der Waals surface area contributed by atoms with E-state index in [0.29, 0.717) is 31.0 Å². The number of carbonyl (C=O) groups is 3. The summed E-state index contributed by atoms with van der Waals surface area (Å²) in [5, 5.41) is 2.90. The second-order valence-electron chi connectivity index (χ2n) is 7.12. The Morgan fingerprint density at radius 3 is 2.43 bits per heavy atom. The Morgan fingerprint density at radius 1 is 1.04 bits per heavy atom. The highest BCUT2D eigenvalue weighted by Gasteiger charge is 2.30. The van der Waals surface area contributed by atoms with Crippen molar-refractivity contribution < 1.29 is 14.4 Å². The van der Waals surface area contributed by atoms with Crippen LogP contribution < -0.4 is 10.2 Å². The van der Waals surface area contributed by atoms with Crippen LogP contribution in [0.3, 0.4) is 0 Å². The molecule has 2 aromatic carbocycles. The molecule has 0 spiro atoms. The SMILES string of the molecule is CN1CCN(c2ccc(-c3cccc(C4CCC(=O)NC4=O)c3Cl)cc2)C1=O. The molecule has 7 heteroatoms. The quantitative estimate of drug-likeness (QED) is 0.807. The van der Waals surface area contributed by atoms with E-state index in [0.717, 1.165) is 22.4 Å². The molecule has 2 aliphatic heterocycles. The number of piperidine rings is 1. The molecule has 0 radical (unpaired) electrons. The zero-order valence-electron chi connectivity index (χ0n) is 15.4. The molecule has 4 rings (SSSR count). The molecule has 4 amide bonds. The van der Waals surface area contributed by atoms with Gasteiger partial charge in [0.25, 0.3) is 0 Å². The number of nitrogens with zero attached hydrogens (tertiary/aromatic N) is 2. The fraction of sp³-hybridized carbons (Fsp3) is 0.286. The number of halogens is 1. The molecule has 2 aromatic rings. The highest BCUT2D eigenvalue weighted by Crippen LogP contribution is 2.37. The van der Waals surface area contributed by atoms with Crippen molar-refractivity contribution in [3.63, 3.8) is 0 Å². The van der Waals surface area contributed by atoms with E-state index in [4.69, 9.17) is 11.6 Å². The number of amides is 4. The van der Waals surface area contributed by atoms with Crippen molar-refractivity contribution in [3.8, 4) is 11.1 Å². The Bertz CT molecular complexity index is 958. The molecule has 0 saturated carbocycles. The monoisotopic (exact) mass is 397 g/mol. The number of anilines is 1. The predicted octanol–water partition coefficient (Wildman–Crippen LogP) is 3.40. The molecule has 144 valence electrons. The van der Waals surface area contributed by atoms with E-state index < -0.39 is 5.92 Å². The zero-order valence-corrected chi connectivity index (χ0v) is 16.2. The lowest BCUT2D eigenvalue weighted by Crippen LogP contribution is -2.39. The van der Waals surface area contributed by atoms with Gasteiger partial charge in [0.15, 0.2) is 0 Å². The summed E-state index contributed by atoms with van der Waals surface area (Å²) in [6, 6.07) is 13.3. The van der Waals surface area contributed by atoms with Crippen molar-refractivity contribution in [2.24, 2.45) is 0 Å². The molecule has 2 aliphatic rings. The number of hydrogen-bond donors (Lipinski definition) is 1. The molecular weight excluding hydrogens is 378 g/mol. The molecule has 2 saturated heterocycles. The molecule has 0 bridgehead atoms. The lowest BCUT2D eigenvalue weighted by molar-refractivity contribution is -0.134. The van der Waals surface area contributed by atoms with Crippen molar-refractivity contribution in [2.45, 2.75) is 18.8 Å². The minimum absolute atomic E-state index is 0.00867. The molecule has 6 nitrogen and oxygen atoms in total. The van der Waals surface area contributed by atoms with Gasteiger partial charge in [0, 0.05) is 37.8 Å². The average Bonchev–Trinajstić information content (AvgIpc) is 3.02. The molecular formula is C21H20ClN3O3. The molecule has 2 heterocycles. The van der Waals surface area contributed by atoms with Crippen LogP contribution in [0.4, 0.5) is 10.5 Å². The highest BCUT2D eigenvalue weighted by atomic mass is 35.5. The molecule has 1 unspecified atom stereocenters. The van der Waals surface area contributed by atoms with Gasteiger partial charge in [0.1, 0.15) is 0 Å². The van der Waals surface area contributed by atoms with Gasteiger partial charge in [0.2, 0.25) is 11.8 Å². The van der Waals surface area contributed by atoms with E-state index in [9.17, 15) is 14.4 Å². The van der Waals surface area contributed by atoms with Gasteiger partial charge in [-0.15, -0.1) is 0 Å². The van der Waals surface area contributed by atoms with E-state index in [1.165, 1.54) is 0 Å². The maximum Gasteiger partial charge on any atom is 0.324 e. The van der Waals surface area contributed by atoms with Crippen molar-refractivity contribution in [1.82, 2.24) is 10.2 Å². The van der Waals surface area contributed by atoms with Crippen molar-refractivity contribution in [3.05, 3.63) is 53.1 Å². The van der Waals surface area contributed by atoms with E-state index in [-0.39, 0.29) is 17.8 Å². The number of carbonyl (C=O) groups excluding carboxylic acids is 3. The molecule has 2 fully saturated rings. The Morgan fingerprint density at radius 2 is 1.79 bits per heavy atom. The average molecular weight is 398 g/mol. The largest absolute Gasteiger partial charge is 0.326 e. The fourth-order valence-electron chi connectivity index (χ4n) is 3.74. The number of likely N-dealkylation sites (N-methyl/N-ethyl adjacent to an activating group) is 1. The number of imide groups is 1. The van der Waals surface area contributed by atoms with Crippen LogP contribution in [0.5, 0.6) is 0 Å². The third-order valence-electron chi connectivity index (χ3n) is 5.35. The van der Waals surface area contributed by atoms with Crippen molar-refractivity contribution in [2.75, 3.05) is 25.0 Å². The molecule has 1 N–H and O–H groups in total. The first kappa shape index (κ1) is 18.5. The Labute approximate surface area is 168 Å². The summed E-state index contributed by atoms with van der Waals surface area (Å²) >= 11 is 6.65. The molecule has 1 atom stereocenters. The second-order valence-corrected chi connectivity index (χ2v) is 7.49. The topological polar surface area (TPSA) is 69.7 Å².